The molecule has 0 bridgehead atoms. The van der Waals surface area contributed by atoms with E-state index in [-0.39, 0.29) is 18.0 Å². The van der Waals surface area contributed by atoms with Gasteiger partial charge in [-0.1, -0.05) is 54.6 Å². The normalized spacial score (nSPS) is 18.9. The molecule has 2 aromatic carbocycles. The Morgan fingerprint density at radius 2 is 1.83 bits per heavy atom. The summed E-state index contributed by atoms with van der Waals surface area (Å²) in [4.78, 5) is 13.5. The van der Waals surface area contributed by atoms with Crippen molar-refractivity contribution in [3.8, 4) is 17.2 Å². The zero-order valence-corrected chi connectivity index (χ0v) is 13.6. The van der Waals surface area contributed by atoms with E-state index in [1.165, 1.54) is 5.56 Å². The van der Waals surface area contributed by atoms with Crippen molar-refractivity contribution in [2.75, 3.05) is 6.54 Å². The molecular formula is C20H21N3O. The Balaban J connectivity index is 1.73. The molecular weight excluding hydrogens is 298 g/mol. The van der Waals surface area contributed by atoms with E-state index in [9.17, 15) is 10.1 Å². The van der Waals surface area contributed by atoms with E-state index in [4.69, 9.17) is 5.73 Å². The molecule has 122 valence electrons. The molecule has 4 heteroatoms. The fourth-order valence-electron chi connectivity index (χ4n) is 3.39. The summed E-state index contributed by atoms with van der Waals surface area (Å²) in [5, 5.41) is 9.54. The minimum absolute atomic E-state index is 0.307. The minimum atomic E-state index is -0.327. The lowest BCUT2D eigenvalue weighted by Gasteiger charge is -2.26. The van der Waals surface area contributed by atoms with Crippen molar-refractivity contribution in [2.24, 2.45) is 5.73 Å². The second kappa shape index (κ2) is 7.29. The molecule has 0 aromatic heterocycles. The third-order valence-electron chi connectivity index (χ3n) is 4.66. The van der Waals surface area contributed by atoms with Crippen LogP contribution in [0.25, 0.3) is 11.1 Å². The number of rotatable bonds is 5. The number of hydrogen-bond acceptors (Lipinski definition) is 3. The molecule has 2 N–H and O–H groups in total. The smallest absolute Gasteiger partial charge is 0.234 e. The monoisotopic (exact) mass is 319 g/mol. The first kappa shape index (κ1) is 16.2. The van der Waals surface area contributed by atoms with Crippen molar-refractivity contribution in [1.29, 1.82) is 5.26 Å². The van der Waals surface area contributed by atoms with Crippen LogP contribution in [-0.2, 0) is 11.2 Å². The van der Waals surface area contributed by atoms with Crippen LogP contribution in [0.2, 0.25) is 0 Å². The largest absolute Gasteiger partial charge is 0.368 e. The minimum Gasteiger partial charge on any atom is -0.368 e. The third kappa shape index (κ3) is 3.47. The molecule has 1 aliphatic rings. The summed E-state index contributed by atoms with van der Waals surface area (Å²) in [6.07, 6.45) is 2.27. The maximum Gasteiger partial charge on any atom is 0.234 e. The Labute approximate surface area is 142 Å². The molecule has 2 aromatic rings. The first-order valence-corrected chi connectivity index (χ1v) is 8.28. The van der Waals surface area contributed by atoms with Gasteiger partial charge >= 0.3 is 0 Å². The molecule has 1 saturated heterocycles. The van der Waals surface area contributed by atoms with E-state index >= 15 is 0 Å². The number of likely N-dealkylation sites (tertiary alicyclic amines) is 1. The van der Waals surface area contributed by atoms with Gasteiger partial charge in [0.15, 0.2) is 0 Å². The highest BCUT2D eigenvalue weighted by Gasteiger charge is 2.34. The highest BCUT2D eigenvalue weighted by Crippen LogP contribution is 2.23. The van der Waals surface area contributed by atoms with Crippen LogP contribution in [0, 0.1) is 11.3 Å². The number of primary amides is 1. The highest BCUT2D eigenvalue weighted by molar-refractivity contribution is 5.80. The Morgan fingerprint density at radius 1 is 1.17 bits per heavy atom. The Hall–Kier alpha value is -2.64. The van der Waals surface area contributed by atoms with Crippen molar-refractivity contribution >= 4 is 5.91 Å². The summed E-state index contributed by atoms with van der Waals surface area (Å²) in [7, 11) is 0. The van der Waals surface area contributed by atoms with Crippen molar-refractivity contribution < 1.29 is 4.79 Å². The van der Waals surface area contributed by atoms with Crippen molar-refractivity contribution in [3.63, 3.8) is 0 Å². The van der Waals surface area contributed by atoms with E-state index in [0.717, 1.165) is 30.5 Å². The standard InChI is InChI=1S/C20H21N3O/c21-14-18(23-12-4-7-19(23)20(22)24)13-15-8-10-17(11-9-15)16-5-2-1-3-6-16/h1-3,5-6,8-11,18-19H,4,7,12-13H2,(H2,22,24)/t18?,19-/m0/s1. The Morgan fingerprint density at radius 3 is 2.46 bits per heavy atom. The van der Waals surface area contributed by atoms with Gasteiger partial charge in [0.05, 0.1) is 12.1 Å². The zero-order chi connectivity index (χ0) is 16.9. The molecule has 0 spiro atoms. The quantitative estimate of drug-likeness (QED) is 0.921. The predicted molar refractivity (Wildman–Crippen MR) is 93.9 cm³/mol. The number of nitrogens with zero attached hydrogens (tertiary/aromatic N) is 2. The first-order chi connectivity index (χ1) is 11.7. The van der Waals surface area contributed by atoms with Crippen LogP contribution in [0.5, 0.6) is 0 Å². The SMILES string of the molecule is N#CC(Cc1ccc(-c2ccccc2)cc1)N1CCC[C@H]1C(N)=O. The molecule has 3 rings (SSSR count). The maximum absolute atomic E-state index is 11.6. The van der Waals surface area contributed by atoms with Gasteiger partial charge in [-0.05, 0) is 29.5 Å². The molecule has 1 heterocycles. The van der Waals surface area contributed by atoms with Crippen LogP contribution in [0.3, 0.4) is 0 Å². The van der Waals surface area contributed by atoms with Crippen LogP contribution in [0.1, 0.15) is 18.4 Å². The number of nitriles is 1. The van der Waals surface area contributed by atoms with Crippen molar-refractivity contribution in [1.82, 2.24) is 4.90 Å². The fourth-order valence-corrected chi connectivity index (χ4v) is 3.39. The molecule has 0 radical (unpaired) electrons. The molecule has 4 nitrogen and oxygen atoms in total. The molecule has 0 saturated carbocycles. The van der Waals surface area contributed by atoms with E-state index in [1.807, 2.05) is 23.1 Å². The molecule has 1 unspecified atom stereocenters. The second-order valence-electron chi connectivity index (χ2n) is 6.21. The lowest BCUT2D eigenvalue weighted by atomic mass is 10.00. The fraction of sp³-hybridized carbons (Fsp3) is 0.300. The lowest BCUT2D eigenvalue weighted by molar-refractivity contribution is -0.122. The zero-order valence-electron chi connectivity index (χ0n) is 13.6. The van der Waals surface area contributed by atoms with E-state index < -0.39 is 0 Å². The lowest BCUT2D eigenvalue weighted by Crippen LogP contribution is -2.46. The third-order valence-corrected chi connectivity index (χ3v) is 4.66. The molecule has 2 atom stereocenters. The van der Waals surface area contributed by atoms with Gasteiger partial charge in [0.25, 0.3) is 0 Å². The Kier molecular flexibility index (Phi) is 4.93. The van der Waals surface area contributed by atoms with Crippen LogP contribution < -0.4 is 5.73 Å². The predicted octanol–water partition coefficient (Wildman–Crippen LogP) is 2.74. The number of nitrogens with two attached hydrogens (primary N) is 1. The van der Waals surface area contributed by atoms with Gasteiger partial charge in [-0.15, -0.1) is 0 Å². The van der Waals surface area contributed by atoms with E-state index in [0.29, 0.717) is 6.42 Å². The van der Waals surface area contributed by atoms with Crippen LogP contribution in [-0.4, -0.2) is 29.4 Å². The van der Waals surface area contributed by atoms with Crippen LogP contribution >= 0.6 is 0 Å². The van der Waals surface area contributed by atoms with Crippen molar-refractivity contribution in [3.05, 3.63) is 60.2 Å². The van der Waals surface area contributed by atoms with E-state index in [1.54, 1.807) is 0 Å². The van der Waals surface area contributed by atoms with Gasteiger partial charge in [0.2, 0.25) is 5.91 Å². The van der Waals surface area contributed by atoms with Gasteiger partial charge in [0.1, 0.15) is 6.04 Å². The number of amides is 1. The summed E-state index contributed by atoms with van der Waals surface area (Å²) < 4.78 is 0. The summed E-state index contributed by atoms with van der Waals surface area (Å²) in [5.74, 6) is -0.327. The average molecular weight is 319 g/mol. The van der Waals surface area contributed by atoms with Gasteiger partial charge in [-0.3, -0.25) is 9.69 Å². The number of benzene rings is 2. The topological polar surface area (TPSA) is 70.1 Å². The summed E-state index contributed by atoms with van der Waals surface area (Å²) >= 11 is 0. The van der Waals surface area contributed by atoms with Gasteiger partial charge < -0.3 is 5.73 Å². The summed E-state index contributed by atoms with van der Waals surface area (Å²) in [6, 6.07) is 20.2. The molecule has 0 aliphatic carbocycles. The molecule has 1 aliphatic heterocycles. The first-order valence-electron chi connectivity index (χ1n) is 8.28. The molecule has 1 fully saturated rings. The summed E-state index contributed by atoms with van der Waals surface area (Å²) in [5.41, 5.74) is 8.89. The number of carbonyl (C=O) groups is 1. The van der Waals surface area contributed by atoms with Gasteiger partial charge in [-0.25, -0.2) is 0 Å². The number of carbonyl (C=O) groups excluding carboxylic acids is 1. The maximum atomic E-state index is 11.6. The van der Waals surface area contributed by atoms with Gasteiger partial charge in [-0.2, -0.15) is 5.26 Å². The summed E-state index contributed by atoms with van der Waals surface area (Å²) in [6.45, 7) is 0.758. The molecule has 1 amide bonds. The van der Waals surface area contributed by atoms with Crippen LogP contribution in [0.15, 0.2) is 54.6 Å². The average Bonchev–Trinajstić information content (AvgIpc) is 3.11. The van der Waals surface area contributed by atoms with Crippen LogP contribution in [0.4, 0.5) is 0 Å². The number of hydrogen-bond donors (Lipinski definition) is 1. The second-order valence-corrected chi connectivity index (χ2v) is 6.21. The van der Waals surface area contributed by atoms with Crippen molar-refractivity contribution in [2.45, 2.75) is 31.3 Å². The highest BCUT2D eigenvalue weighted by atomic mass is 16.1. The Bertz CT molecular complexity index is 734. The van der Waals surface area contributed by atoms with E-state index in [2.05, 4.69) is 42.5 Å². The molecule has 24 heavy (non-hydrogen) atoms. The van der Waals surface area contributed by atoms with Gasteiger partial charge in [0, 0.05) is 13.0 Å².